The number of aromatic nitrogens is 3. The van der Waals surface area contributed by atoms with Crippen molar-refractivity contribution in [2.45, 2.75) is 26.3 Å². The molecule has 1 aromatic carbocycles. The van der Waals surface area contributed by atoms with E-state index in [-0.39, 0.29) is 6.04 Å². The van der Waals surface area contributed by atoms with Gasteiger partial charge in [-0.2, -0.15) is 4.98 Å². The minimum absolute atomic E-state index is 0.134. The number of benzene rings is 1. The quantitative estimate of drug-likeness (QED) is 0.784. The van der Waals surface area contributed by atoms with Crippen molar-refractivity contribution in [3.63, 3.8) is 0 Å². The summed E-state index contributed by atoms with van der Waals surface area (Å²) < 4.78 is 5.17. The predicted octanol–water partition coefficient (Wildman–Crippen LogP) is 4.14. The van der Waals surface area contributed by atoms with Gasteiger partial charge in [0, 0.05) is 5.02 Å². The molecule has 5 nitrogen and oxygen atoms in total. The Bertz CT molecular complexity index is 754. The molecule has 0 bridgehead atoms. The van der Waals surface area contributed by atoms with Gasteiger partial charge >= 0.3 is 0 Å². The number of fused-ring (bicyclic) bond motifs is 1. The largest absolute Gasteiger partial charge is 0.363 e. The van der Waals surface area contributed by atoms with Crippen molar-refractivity contribution < 1.29 is 4.52 Å². The summed E-state index contributed by atoms with van der Waals surface area (Å²) in [6, 6.07) is 7.95. The SMILES string of the molecule is CCC(Nc1ncnc2onc(C)c12)c1ccc(Cl)cc1. The van der Waals surface area contributed by atoms with Crippen molar-refractivity contribution in [3.8, 4) is 0 Å². The van der Waals surface area contributed by atoms with Crippen LogP contribution in [-0.2, 0) is 0 Å². The summed E-state index contributed by atoms with van der Waals surface area (Å²) in [4.78, 5) is 8.40. The van der Waals surface area contributed by atoms with Crippen molar-refractivity contribution in [2.24, 2.45) is 0 Å². The number of halogens is 1. The van der Waals surface area contributed by atoms with Crippen LogP contribution in [0.15, 0.2) is 35.1 Å². The van der Waals surface area contributed by atoms with Gasteiger partial charge in [-0.25, -0.2) is 4.98 Å². The Balaban J connectivity index is 1.96. The van der Waals surface area contributed by atoms with E-state index >= 15 is 0 Å². The van der Waals surface area contributed by atoms with Gasteiger partial charge in [-0.3, -0.25) is 0 Å². The van der Waals surface area contributed by atoms with Gasteiger partial charge in [0.2, 0.25) is 0 Å². The van der Waals surface area contributed by atoms with Crippen molar-refractivity contribution >= 4 is 28.5 Å². The van der Waals surface area contributed by atoms with Crippen LogP contribution in [-0.4, -0.2) is 15.1 Å². The Morgan fingerprint density at radius 1 is 1.24 bits per heavy atom. The number of anilines is 1. The van der Waals surface area contributed by atoms with E-state index < -0.39 is 0 Å². The Morgan fingerprint density at radius 2 is 2.00 bits per heavy atom. The molecule has 1 atom stereocenters. The Hall–Kier alpha value is -2.14. The van der Waals surface area contributed by atoms with Crippen molar-refractivity contribution in [1.29, 1.82) is 0 Å². The molecule has 108 valence electrons. The standard InChI is InChI=1S/C15H15ClN4O/c1-3-12(10-4-6-11(16)7-5-10)19-14-13-9(2)20-21-15(13)18-8-17-14/h4-8,12H,3H2,1-2H3,(H,17,18,19). The second-order valence-corrected chi connectivity index (χ2v) is 5.26. The molecule has 0 radical (unpaired) electrons. The van der Waals surface area contributed by atoms with Crippen LogP contribution in [0.5, 0.6) is 0 Å². The van der Waals surface area contributed by atoms with Gasteiger partial charge in [0.05, 0.1) is 11.7 Å². The average Bonchev–Trinajstić information content (AvgIpc) is 2.88. The lowest BCUT2D eigenvalue weighted by atomic mass is 10.0. The van der Waals surface area contributed by atoms with Gasteiger partial charge < -0.3 is 9.84 Å². The number of rotatable bonds is 4. The number of hydrogen-bond acceptors (Lipinski definition) is 5. The molecule has 6 heteroatoms. The number of aryl methyl sites for hydroxylation is 1. The first kappa shape index (κ1) is 13.8. The monoisotopic (exact) mass is 302 g/mol. The molecule has 0 aliphatic heterocycles. The van der Waals surface area contributed by atoms with Crippen LogP contribution < -0.4 is 5.32 Å². The van der Waals surface area contributed by atoms with E-state index in [1.54, 1.807) is 0 Å². The summed E-state index contributed by atoms with van der Waals surface area (Å²) in [7, 11) is 0. The minimum atomic E-state index is 0.134. The van der Waals surface area contributed by atoms with E-state index in [0.717, 1.165) is 33.9 Å². The summed E-state index contributed by atoms with van der Waals surface area (Å²) in [5.74, 6) is 0.737. The molecule has 0 saturated heterocycles. The molecular weight excluding hydrogens is 288 g/mol. The Labute approximate surface area is 127 Å². The van der Waals surface area contributed by atoms with Crippen LogP contribution in [0, 0.1) is 6.92 Å². The van der Waals surface area contributed by atoms with Crippen molar-refractivity contribution in [2.75, 3.05) is 5.32 Å². The van der Waals surface area contributed by atoms with E-state index in [1.165, 1.54) is 6.33 Å². The molecule has 0 spiro atoms. The van der Waals surface area contributed by atoms with Crippen molar-refractivity contribution in [1.82, 2.24) is 15.1 Å². The maximum absolute atomic E-state index is 5.94. The first-order valence-corrected chi connectivity index (χ1v) is 7.15. The van der Waals surface area contributed by atoms with Gasteiger partial charge in [-0.1, -0.05) is 35.8 Å². The summed E-state index contributed by atoms with van der Waals surface area (Å²) in [5.41, 5.74) is 2.43. The zero-order valence-electron chi connectivity index (χ0n) is 11.8. The first-order chi connectivity index (χ1) is 10.2. The number of nitrogens with zero attached hydrogens (tertiary/aromatic N) is 3. The van der Waals surface area contributed by atoms with Crippen LogP contribution >= 0.6 is 11.6 Å². The summed E-state index contributed by atoms with van der Waals surface area (Å²) in [6.45, 7) is 3.99. The predicted molar refractivity (Wildman–Crippen MR) is 82.4 cm³/mol. The van der Waals surface area contributed by atoms with Gasteiger partial charge in [0.25, 0.3) is 5.71 Å². The van der Waals surface area contributed by atoms with Crippen LogP contribution in [0.1, 0.15) is 30.6 Å². The lowest BCUT2D eigenvalue weighted by molar-refractivity contribution is 0.442. The van der Waals surface area contributed by atoms with E-state index in [4.69, 9.17) is 16.1 Å². The zero-order valence-corrected chi connectivity index (χ0v) is 12.6. The second-order valence-electron chi connectivity index (χ2n) is 4.83. The van der Waals surface area contributed by atoms with Crippen LogP contribution in [0.2, 0.25) is 5.02 Å². The third-order valence-corrected chi connectivity index (χ3v) is 3.69. The Kier molecular flexibility index (Phi) is 3.75. The lowest BCUT2D eigenvalue weighted by Gasteiger charge is -2.18. The molecule has 3 rings (SSSR count). The smallest absolute Gasteiger partial charge is 0.263 e. The number of hydrogen-bond donors (Lipinski definition) is 1. The normalized spacial score (nSPS) is 12.5. The van der Waals surface area contributed by atoms with E-state index in [9.17, 15) is 0 Å². The van der Waals surface area contributed by atoms with Crippen molar-refractivity contribution in [3.05, 3.63) is 46.9 Å². The first-order valence-electron chi connectivity index (χ1n) is 6.78. The molecule has 2 heterocycles. The van der Waals surface area contributed by atoms with Crippen LogP contribution in [0.3, 0.4) is 0 Å². The highest BCUT2D eigenvalue weighted by Crippen LogP contribution is 2.28. The fourth-order valence-electron chi connectivity index (χ4n) is 2.31. The minimum Gasteiger partial charge on any atom is -0.363 e. The molecule has 21 heavy (non-hydrogen) atoms. The molecule has 3 aromatic rings. The molecule has 0 fully saturated rings. The highest BCUT2D eigenvalue weighted by Gasteiger charge is 2.16. The third-order valence-electron chi connectivity index (χ3n) is 3.43. The van der Waals surface area contributed by atoms with Crippen LogP contribution in [0.25, 0.3) is 11.1 Å². The van der Waals surface area contributed by atoms with E-state index in [0.29, 0.717) is 5.71 Å². The molecule has 0 aliphatic carbocycles. The molecule has 1 N–H and O–H groups in total. The van der Waals surface area contributed by atoms with E-state index in [2.05, 4.69) is 27.4 Å². The highest BCUT2D eigenvalue weighted by atomic mass is 35.5. The second kappa shape index (κ2) is 5.69. The van der Waals surface area contributed by atoms with Gasteiger partial charge in [-0.05, 0) is 31.0 Å². The molecule has 0 saturated carbocycles. The topological polar surface area (TPSA) is 63.8 Å². The molecule has 0 aliphatic rings. The molecule has 0 amide bonds. The number of nitrogens with one attached hydrogen (secondary N) is 1. The van der Waals surface area contributed by atoms with Gasteiger partial charge in [0.15, 0.2) is 0 Å². The summed E-state index contributed by atoms with van der Waals surface area (Å²) in [6.07, 6.45) is 2.39. The third kappa shape index (κ3) is 2.69. The fraction of sp³-hybridized carbons (Fsp3) is 0.267. The molecule has 1 unspecified atom stereocenters. The van der Waals surface area contributed by atoms with Gasteiger partial charge in [-0.15, -0.1) is 0 Å². The summed E-state index contributed by atoms with van der Waals surface area (Å²) in [5, 5.41) is 8.93. The van der Waals surface area contributed by atoms with Crippen LogP contribution in [0.4, 0.5) is 5.82 Å². The maximum Gasteiger partial charge on any atom is 0.263 e. The summed E-state index contributed by atoms with van der Waals surface area (Å²) >= 11 is 5.94. The fourth-order valence-corrected chi connectivity index (χ4v) is 2.44. The Morgan fingerprint density at radius 3 is 2.71 bits per heavy atom. The van der Waals surface area contributed by atoms with E-state index in [1.807, 2.05) is 31.2 Å². The lowest BCUT2D eigenvalue weighted by Crippen LogP contribution is -2.11. The molecular formula is C15H15ClN4O. The average molecular weight is 303 g/mol. The molecule has 2 aromatic heterocycles. The van der Waals surface area contributed by atoms with Gasteiger partial charge in [0.1, 0.15) is 17.5 Å². The maximum atomic E-state index is 5.94. The highest BCUT2D eigenvalue weighted by molar-refractivity contribution is 6.30. The zero-order chi connectivity index (χ0) is 14.8.